The molecule has 0 bridgehead atoms. The minimum Gasteiger partial charge on any atom is -0.477 e. The number of allylic oxidation sites excluding steroid dienone is 1. The number of ether oxygens (including phenoxy) is 1. The number of rotatable bonds is 4. The van der Waals surface area contributed by atoms with Gasteiger partial charge in [0.15, 0.2) is 0 Å². The molecule has 0 aromatic rings. The van der Waals surface area contributed by atoms with Crippen LogP contribution >= 0.6 is 0 Å². The number of aliphatic carboxylic acids is 1. The average Bonchev–Trinajstić information content (AvgIpc) is 2.29. The van der Waals surface area contributed by atoms with E-state index in [0.717, 1.165) is 24.8 Å². The standard InChI is InChI=1S/C13H20O4/c1-3-9(2)17-13(16)11(12(14)15)10-7-5-4-6-8-10/h9H,3-8H2,1-2H3,(H,14,15). The predicted octanol–water partition coefficient (Wildman–Crippen LogP) is 2.67. The van der Waals surface area contributed by atoms with E-state index >= 15 is 0 Å². The Labute approximate surface area is 102 Å². The van der Waals surface area contributed by atoms with Gasteiger partial charge in [0.05, 0.1) is 6.10 Å². The lowest BCUT2D eigenvalue weighted by atomic mass is 9.91. The first-order valence-corrected chi connectivity index (χ1v) is 6.22. The van der Waals surface area contributed by atoms with Gasteiger partial charge in [-0.1, -0.05) is 13.3 Å². The summed E-state index contributed by atoms with van der Waals surface area (Å²) < 4.78 is 5.10. The van der Waals surface area contributed by atoms with Crippen LogP contribution in [0.3, 0.4) is 0 Å². The smallest absolute Gasteiger partial charge is 0.345 e. The number of carbonyl (C=O) groups is 2. The lowest BCUT2D eigenvalue weighted by Crippen LogP contribution is -2.22. The summed E-state index contributed by atoms with van der Waals surface area (Å²) in [4.78, 5) is 22.9. The minimum atomic E-state index is -1.16. The van der Waals surface area contributed by atoms with Crippen LogP contribution in [-0.2, 0) is 14.3 Å². The normalized spacial score (nSPS) is 17.4. The summed E-state index contributed by atoms with van der Waals surface area (Å²) in [6, 6.07) is 0. The molecule has 0 spiro atoms. The van der Waals surface area contributed by atoms with E-state index in [1.807, 2.05) is 6.92 Å². The Kier molecular flexibility index (Phi) is 5.19. The zero-order valence-corrected chi connectivity index (χ0v) is 10.5. The Balaban J connectivity index is 2.84. The molecule has 1 unspecified atom stereocenters. The van der Waals surface area contributed by atoms with Crippen molar-refractivity contribution in [3.8, 4) is 0 Å². The molecule has 4 heteroatoms. The molecule has 0 heterocycles. The quantitative estimate of drug-likeness (QED) is 0.355. The van der Waals surface area contributed by atoms with E-state index in [1.54, 1.807) is 6.92 Å². The number of carbonyl (C=O) groups excluding carboxylic acids is 1. The van der Waals surface area contributed by atoms with Crippen LogP contribution in [0.25, 0.3) is 0 Å². The lowest BCUT2D eigenvalue weighted by Gasteiger charge is -2.17. The van der Waals surface area contributed by atoms with Gasteiger partial charge < -0.3 is 9.84 Å². The number of hydrogen-bond acceptors (Lipinski definition) is 3. The summed E-state index contributed by atoms with van der Waals surface area (Å²) in [5.74, 6) is -1.83. The van der Waals surface area contributed by atoms with E-state index in [2.05, 4.69) is 0 Å². The molecule has 0 amide bonds. The van der Waals surface area contributed by atoms with E-state index < -0.39 is 11.9 Å². The van der Waals surface area contributed by atoms with Crippen LogP contribution in [0.2, 0.25) is 0 Å². The van der Waals surface area contributed by atoms with Crippen molar-refractivity contribution in [1.82, 2.24) is 0 Å². The number of carboxylic acids is 1. The maximum Gasteiger partial charge on any atom is 0.345 e. The maximum absolute atomic E-state index is 11.8. The van der Waals surface area contributed by atoms with Gasteiger partial charge in [-0.2, -0.15) is 0 Å². The van der Waals surface area contributed by atoms with Crippen molar-refractivity contribution in [1.29, 1.82) is 0 Å². The van der Waals surface area contributed by atoms with Gasteiger partial charge in [0, 0.05) is 0 Å². The summed E-state index contributed by atoms with van der Waals surface area (Å²) in [6.07, 6.45) is 4.89. The van der Waals surface area contributed by atoms with Crippen molar-refractivity contribution in [2.45, 2.75) is 58.5 Å². The van der Waals surface area contributed by atoms with E-state index in [-0.39, 0.29) is 11.7 Å². The molecular formula is C13H20O4. The molecule has 1 saturated carbocycles. The van der Waals surface area contributed by atoms with E-state index in [1.165, 1.54) is 0 Å². The predicted molar refractivity (Wildman–Crippen MR) is 63.6 cm³/mol. The second-order valence-corrected chi connectivity index (χ2v) is 4.47. The molecule has 4 nitrogen and oxygen atoms in total. The van der Waals surface area contributed by atoms with Crippen molar-refractivity contribution in [2.75, 3.05) is 0 Å². The average molecular weight is 240 g/mol. The van der Waals surface area contributed by atoms with Crippen molar-refractivity contribution < 1.29 is 19.4 Å². The topological polar surface area (TPSA) is 63.6 Å². The largest absolute Gasteiger partial charge is 0.477 e. The fourth-order valence-electron chi connectivity index (χ4n) is 1.94. The van der Waals surface area contributed by atoms with Crippen molar-refractivity contribution >= 4 is 11.9 Å². The van der Waals surface area contributed by atoms with Crippen LogP contribution in [0.5, 0.6) is 0 Å². The van der Waals surface area contributed by atoms with Crippen molar-refractivity contribution in [3.63, 3.8) is 0 Å². The second kappa shape index (κ2) is 6.42. The summed E-state index contributed by atoms with van der Waals surface area (Å²) >= 11 is 0. The third-order valence-electron chi connectivity index (χ3n) is 3.11. The molecule has 0 radical (unpaired) electrons. The first kappa shape index (κ1) is 13.7. The molecule has 0 aromatic heterocycles. The highest BCUT2D eigenvalue weighted by atomic mass is 16.5. The minimum absolute atomic E-state index is 0.134. The zero-order chi connectivity index (χ0) is 12.8. The number of esters is 1. The Morgan fingerprint density at radius 1 is 1.29 bits per heavy atom. The van der Waals surface area contributed by atoms with Gasteiger partial charge in [0.1, 0.15) is 5.57 Å². The Morgan fingerprint density at radius 3 is 2.35 bits per heavy atom. The fourth-order valence-corrected chi connectivity index (χ4v) is 1.94. The summed E-state index contributed by atoms with van der Waals surface area (Å²) in [6.45, 7) is 3.66. The monoisotopic (exact) mass is 240 g/mol. The highest BCUT2D eigenvalue weighted by Gasteiger charge is 2.25. The van der Waals surface area contributed by atoms with Crippen LogP contribution in [0.1, 0.15) is 52.4 Å². The number of carboxylic acid groups (broad SMARTS) is 1. The fraction of sp³-hybridized carbons (Fsp3) is 0.692. The van der Waals surface area contributed by atoms with Crippen LogP contribution in [0.15, 0.2) is 11.1 Å². The van der Waals surface area contributed by atoms with Gasteiger partial charge in [-0.15, -0.1) is 0 Å². The molecule has 17 heavy (non-hydrogen) atoms. The molecule has 96 valence electrons. The molecule has 1 aliphatic rings. The zero-order valence-electron chi connectivity index (χ0n) is 10.5. The molecule has 0 saturated heterocycles. The number of hydrogen-bond donors (Lipinski definition) is 1. The van der Waals surface area contributed by atoms with Gasteiger partial charge in [0.2, 0.25) is 0 Å². The van der Waals surface area contributed by atoms with Crippen molar-refractivity contribution in [3.05, 3.63) is 11.1 Å². The van der Waals surface area contributed by atoms with E-state index in [9.17, 15) is 9.59 Å². The highest BCUT2D eigenvalue weighted by Crippen LogP contribution is 2.26. The Hall–Kier alpha value is -1.32. The maximum atomic E-state index is 11.8. The van der Waals surface area contributed by atoms with Gasteiger partial charge in [-0.3, -0.25) is 0 Å². The lowest BCUT2D eigenvalue weighted by molar-refractivity contribution is -0.147. The van der Waals surface area contributed by atoms with Gasteiger partial charge in [0.25, 0.3) is 0 Å². The second-order valence-electron chi connectivity index (χ2n) is 4.47. The first-order chi connectivity index (χ1) is 8.06. The van der Waals surface area contributed by atoms with Gasteiger partial charge in [-0.05, 0) is 44.6 Å². The SMILES string of the molecule is CCC(C)OC(=O)C(C(=O)O)=C1CCCCC1. The van der Waals surface area contributed by atoms with Crippen LogP contribution in [-0.4, -0.2) is 23.1 Å². The Morgan fingerprint density at radius 2 is 1.88 bits per heavy atom. The molecule has 1 rings (SSSR count). The first-order valence-electron chi connectivity index (χ1n) is 6.22. The van der Waals surface area contributed by atoms with Crippen LogP contribution in [0, 0.1) is 0 Å². The molecule has 1 fully saturated rings. The molecule has 1 atom stereocenters. The van der Waals surface area contributed by atoms with Crippen LogP contribution < -0.4 is 0 Å². The molecule has 1 aliphatic carbocycles. The van der Waals surface area contributed by atoms with Crippen LogP contribution in [0.4, 0.5) is 0 Å². The summed E-state index contributed by atoms with van der Waals surface area (Å²) in [5.41, 5.74) is 0.613. The molecule has 1 N–H and O–H groups in total. The van der Waals surface area contributed by atoms with Crippen molar-refractivity contribution in [2.24, 2.45) is 0 Å². The molecular weight excluding hydrogens is 220 g/mol. The van der Waals surface area contributed by atoms with E-state index in [0.29, 0.717) is 19.3 Å². The third kappa shape index (κ3) is 3.88. The van der Waals surface area contributed by atoms with E-state index in [4.69, 9.17) is 9.84 Å². The summed E-state index contributed by atoms with van der Waals surface area (Å²) in [5, 5.41) is 9.12. The third-order valence-corrected chi connectivity index (χ3v) is 3.11. The van der Waals surface area contributed by atoms with Gasteiger partial charge in [-0.25, -0.2) is 9.59 Å². The van der Waals surface area contributed by atoms with Gasteiger partial charge >= 0.3 is 11.9 Å². The Bertz CT molecular complexity index is 322. The highest BCUT2D eigenvalue weighted by molar-refractivity contribution is 6.14. The summed E-state index contributed by atoms with van der Waals surface area (Å²) in [7, 11) is 0. The molecule has 0 aromatic carbocycles. The molecule has 0 aliphatic heterocycles.